The van der Waals surface area contributed by atoms with E-state index in [-0.39, 0.29) is 0 Å². The summed E-state index contributed by atoms with van der Waals surface area (Å²) in [5.74, 6) is 0.871. The van der Waals surface area contributed by atoms with E-state index >= 15 is 0 Å². The largest absolute Gasteiger partial charge is 0.399 e. The predicted octanol–water partition coefficient (Wildman–Crippen LogP) is 4.12. The summed E-state index contributed by atoms with van der Waals surface area (Å²) in [7, 11) is 0. The van der Waals surface area contributed by atoms with E-state index < -0.39 is 0 Å². The number of nitrogen functional groups attached to an aromatic ring is 1. The molecule has 1 saturated heterocycles. The van der Waals surface area contributed by atoms with Gasteiger partial charge >= 0.3 is 0 Å². The first-order valence-electron chi connectivity index (χ1n) is 8.14. The minimum atomic E-state index is 0.797. The molecule has 0 amide bonds. The van der Waals surface area contributed by atoms with Crippen molar-refractivity contribution in [2.24, 2.45) is 5.92 Å². The van der Waals surface area contributed by atoms with Crippen molar-refractivity contribution in [2.75, 3.05) is 29.0 Å². The maximum atomic E-state index is 5.81. The van der Waals surface area contributed by atoms with Gasteiger partial charge < -0.3 is 16.0 Å². The van der Waals surface area contributed by atoms with Gasteiger partial charge in [0, 0.05) is 36.7 Å². The number of nitrogens with zero attached hydrogens (tertiary/aromatic N) is 1. The molecule has 2 aromatic rings. The van der Waals surface area contributed by atoms with Crippen LogP contribution in [0.1, 0.15) is 25.3 Å². The molecule has 2 aromatic carbocycles. The lowest BCUT2D eigenvalue weighted by Crippen LogP contribution is -2.32. The van der Waals surface area contributed by atoms with E-state index in [1.54, 1.807) is 0 Å². The molecular formula is C19H25N3. The first-order chi connectivity index (χ1) is 10.7. The molecule has 0 saturated carbocycles. The van der Waals surface area contributed by atoms with Crippen molar-refractivity contribution in [1.82, 2.24) is 0 Å². The number of piperidine rings is 1. The molecule has 1 aliphatic rings. The van der Waals surface area contributed by atoms with Crippen molar-refractivity contribution in [3.63, 3.8) is 0 Å². The van der Waals surface area contributed by atoms with Gasteiger partial charge in [0.15, 0.2) is 0 Å². The van der Waals surface area contributed by atoms with Crippen LogP contribution in [0.4, 0.5) is 17.1 Å². The first kappa shape index (κ1) is 14.8. The zero-order valence-corrected chi connectivity index (χ0v) is 13.3. The highest BCUT2D eigenvalue weighted by Gasteiger charge is 2.15. The van der Waals surface area contributed by atoms with Crippen molar-refractivity contribution < 1.29 is 0 Å². The number of hydrogen-bond donors (Lipinski definition) is 2. The second-order valence-electron chi connectivity index (χ2n) is 6.32. The van der Waals surface area contributed by atoms with Gasteiger partial charge in [-0.15, -0.1) is 0 Å². The van der Waals surface area contributed by atoms with E-state index in [0.717, 1.165) is 23.8 Å². The topological polar surface area (TPSA) is 41.3 Å². The minimum Gasteiger partial charge on any atom is -0.399 e. The van der Waals surface area contributed by atoms with E-state index in [9.17, 15) is 0 Å². The van der Waals surface area contributed by atoms with Crippen molar-refractivity contribution >= 4 is 17.1 Å². The third-order valence-electron chi connectivity index (χ3n) is 4.46. The Hall–Kier alpha value is -2.16. The molecule has 0 radical (unpaired) electrons. The maximum absolute atomic E-state index is 5.81. The molecule has 3 N–H and O–H groups in total. The summed E-state index contributed by atoms with van der Waals surface area (Å²) in [6.45, 7) is 5.50. The zero-order chi connectivity index (χ0) is 15.4. The van der Waals surface area contributed by atoms with Gasteiger partial charge in [-0.3, -0.25) is 0 Å². The van der Waals surface area contributed by atoms with Gasteiger partial charge in [0.05, 0.1) is 0 Å². The fraction of sp³-hybridized carbons (Fsp3) is 0.368. The Morgan fingerprint density at radius 3 is 2.50 bits per heavy atom. The summed E-state index contributed by atoms with van der Waals surface area (Å²) in [5, 5.41) is 3.45. The molecule has 1 heterocycles. The summed E-state index contributed by atoms with van der Waals surface area (Å²) in [4.78, 5) is 2.49. The Bertz CT molecular complexity index is 598. The third-order valence-corrected chi connectivity index (χ3v) is 4.46. The lowest BCUT2D eigenvalue weighted by Gasteiger charge is -2.32. The number of nitrogens with two attached hydrogens (primary N) is 1. The molecule has 0 spiro atoms. The highest BCUT2D eigenvalue weighted by atomic mass is 15.1. The van der Waals surface area contributed by atoms with Crippen molar-refractivity contribution in [1.29, 1.82) is 0 Å². The Morgan fingerprint density at radius 2 is 1.82 bits per heavy atom. The van der Waals surface area contributed by atoms with Gasteiger partial charge in [-0.05, 0) is 60.7 Å². The second kappa shape index (κ2) is 6.73. The Morgan fingerprint density at radius 1 is 1.09 bits per heavy atom. The molecule has 0 atom stereocenters. The van der Waals surface area contributed by atoms with Gasteiger partial charge in [0.2, 0.25) is 0 Å². The lowest BCUT2D eigenvalue weighted by molar-refractivity contribution is 0.438. The minimum absolute atomic E-state index is 0.797. The van der Waals surface area contributed by atoms with Crippen LogP contribution in [0.25, 0.3) is 0 Å². The normalized spacial score (nSPS) is 15.8. The van der Waals surface area contributed by atoms with Crippen LogP contribution < -0.4 is 16.0 Å². The molecule has 1 fully saturated rings. The molecule has 22 heavy (non-hydrogen) atoms. The Labute approximate surface area is 133 Å². The second-order valence-corrected chi connectivity index (χ2v) is 6.32. The predicted molar refractivity (Wildman–Crippen MR) is 95.2 cm³/mol. The Balaban J connectivity index is 1.57. The fourth-order valence-electron chi connectivity index (χ4n) is 2.96. The highest BCUT2D eigenvalue weighted by molar-refractivity contribution is 5.55. The molecule has 0 aromatic heterocycles. The summed E-state index contributed by atoms with van der Waals surface area (Å²) < 4.78 is 0. The summed E-state index contributed by atoms with van der Waals surface area (Å²) >= 11 is 0. The number of hydrogen-bond acceptors (Lipinski definition) is 3. The average Bonchev–Trinajstić information content (AvgIpc) is 2.54. The Kier molecular flexibility index (Phi) is 4.52. The standard InChI is InChI=1S/C19H25N3/c1-15-9-11-22(12-10-15)19-7-5-18(6-8-19)21-14-16-3-2-4-17(20)13-16/h2-8,13,15,21H,9-12,14,20H2,1H3. The van der Waals surface area contributed by atoms with E-state index in [1.165, 1.54) is 37.2 Å². The zero-order valence-electron chi connectivity index (χ0n) is 13.3. The number of benzene rings is 2. The van der Waals surface area contributed by atoms with E-state index in [2.05, 4.69) is 47.5 Å². The molecule has 0 unspecified atom stereocenters. The molecular weight excluding hydrogens is 270 g/mol. The van der Waals surface area contributed by atoms with Crippen LogP contribution in [-0.4, -0.2) is 13.1 Å². The van der Waals surface area contributed by atoms with Gasteiger partial charge in [-0.1, -0.05) is 19.1 Å². The average molecular weight is 295 g/mol. The van der Waals surface area contributed by atoms with Gasteiger partial charge in [0.25, 0.3) is 0 Å². The van der Waals surface area contributed by atoms with Crippen LogP contribution in [-0.2, 0) is 6.54 Å². The smallest absolute Gasteiger partial charge is 0.0401 e. The van der Waals surface area contributed by atoms with Gasteiger partial charge in [-0.25, -0.2) is 0 Å². The van der Waals surface area contributed by atoms with Crippen LogP contribution in [0.2, 0.25) is 0 Å². The van der Waals surface area contributed by atoms with Crippen LogP contribution in [0.15, 0.2) is 48.5 Å². The summed E-state index contributed by atoms with van der Waals surface area (Å²) in [5.41, 5.74) is 10.3. The maximum Gasteiger partial charge on any atom is 0.0401 e. The van der Waals surface area contributed by atoms with Crippen LogP contribution in [0.3, 0.4) is 0 Å². The number of anilines is 3. The van der Waals surface area contributed by atoms with Gasteiger partial charge in [-0.2, -0.15) is 0 Å². The van der Waals surface area contributed by atoms with E-state index in [1.807, 2.05) is 18.2 Å². The summed E-state index contributed by atoms with van der Waals surface area (Å²) in [6.07, 6.45) is 2.60. The van der Waals surface area contributed by atoms with Crippen LogP contribution in [0, 0.1) is 5.92 Å². The monoisotopic (exact) mass is 295 g/mol. The van der Waals surface area contributed by atoms with Crippen LogP contribution in [0.5, 0.6) is 0 Å². The van der Waals surface area contributed by atoms with Crippen LogP contribution >= 0.6 is 0 Å². The number of nitrogens with one attached hydrogen (secondary N) is 1. The molecule has 0 aliphatic carbocycles. The first-order valence-corrected chi connectivity index (χ1v) is 8.14. The summed E-state index contributed by atoms with van der Waals surface area (Å²) in [6, 6.07) is 16.8. The molecule has 3 heteroatoms. The van der Waals surface area contributed by atoms with Crippen molar-refractivity contribution in [3.05, 3.63) is 54.1 Å². The van der Waals surface area contributed by atoms with Gasteiger partial charge in [0.1, 0.15) is 0 Å². The van der Waals surface area contributed by atoms with E-state index in [4.69, 9.17) is 5.73 Å². The highest BCUT2D eigenvalue weighted by Crippen LogP contribution is 2.24. The van der Waals surface area contributed by atoms with Crippen molar-refractivity contribution in [3.8, 4) is 0 Å². The molecule has 1 aliphatic heterocycles. The molecule has 3 rings (SSSR count). The third kappa shape index (κ3) is 3.73. The number of rotatable bonds is 4. The lowest BCUT2D eigenvalue weighted by atomic mass is 9.99. The molecule has 3 nitrogen and oxygen atoms in total. The SMILES string of the molecule is CC1CCN(c2ccc(NCc3cccc(N)c3)cc2)CC1. The molecule has 116 valence electrons. The fourth-order valence-corrected chi connectivity index (χ4v) is 2.96. The van der Waals surface area contributed by atoms with E-state index in [0.29, 0.717) is 0 Å². The molecule has 0 bridgehead atoms. The quantitative estimate of drug-likeness (QED) is 0.834. The van der Waals surface area contributed by atoms with Crippen molar-refractivity contribution in [2.45, 2.75) is 26.3 Å².